The van der Waals surface area contributed by atoms with E-state index in [9.17, 15) is 9.59 Å². The lowest BCUT2D eigenvalue weighted by molar-refractivity contribution is -0.125. The van der Waals surface area contributed by atoms with Crippen molar-refractivity contribution in [3.05, 3.63) is 64.4 Å². The summed E-state index contributed by atoms with van der Waals surface area (Å²) in [5.74, 6) is 1.04. The van der Waals surface area contributed by atoms with Crippen LogP contribution in [0.4, 0.5) is 5.82 Å². The number of aromatic nitrogens is 2. The zero-order valence-electron chi connectivity index (χ0n) is 18.7. The lowest BCUT2D eigenvalue weighted by atomic mass is 9.97. The lowest BCUT2D eigenvalue weighted by Crippen LogP contribution is -2.45. The number of fused-ring (bicyclic) bond motifs is 1. The number of amides is 1. The predicted octanol–water partition coefficient (Wildman–Crippen LogP) is 3.35. The van der Waals surface area contributed by atoms with Gasteiger partial charge in [-0.2, -0.15) is 0 Å². The van der Waals surface area contributed by atoms with Gasteiger partial charge in [-0.3, -0.25) is 9.59 Å². The molecule has 32 heavy (non-hydrogen) atoms. The quantitative estimate of drug-likeness (QED) is 0.617. The number of para-hydroxylation sites is 3. The molecule has 1 aromatic heterocycles. The molecule has 1 amide bonds. The predicted molar refractivity (Wildman–Crippen MR) is 126 cm³/mol. The molecule has 1 aliphatic heterocycles. The number of carbonyl (C=O) groups is 1. The Kier molecular flexibility index (Phi) is 6.73. The number of benzene rings is 2. The van der Waals surface area contributed by atoms with E-state index >= 15 is 0 Å². The first-order valence-electron chi connectivity index (χ1n) is 11.3. The summed E-state index contributed by atoms with van der Waals surface area (Å²) in [6.07, 6.45) is 1.64. The Morgan fingerprint density at radius 3 is 2.75 bits per heavy atom. The molecule has 7 heteroatoms. The average Bonchev–Trinajstić information content (AvgIpc) is 2.83. The first-order chi connectivity index (χ1) is 15.6. The number of hydrogen-bond acceptors (Lipinski definition) is 5. The molecule has 0 saturated carbocycles. The second kappa shape index (κ2) is 9.85. The summed E-state index contributed by atoms with van der Waals surface area (Å²) in [5, 5.41) is 3.06. The standard InChI is InChI=1S/C25H30N4O3/c1-3-29-21-13-7-6-12-20(21)27-23(25(29)31)28-15-9-11-19(17-28)24(30)26-16-18-10-5-8-14-22(18)32-4-2/h5-8,10,12-14,19H,3-4,9,11,15-17H2,1-2H3,(H,26,30). The number of carbonyl (C=O) groups excluding carboxylic acids is 1. The number of piperidine rings is 1. The molecule has 2 aromatic carbocycles. The molecule has 1 saturated heterocycles. The van der Waals surface area contributed by atoms with Gasteiger partial charge in [-0.05, 0) is 44.9 Å². The van der Waals surface area contributed by atoms with Gasteiger partial charge < -0.3 is 19.5 Å². The molecule has 0 radical (unpaired) electrons. The molecule has 2 heterocycles. The van der Waals surface area contributed by atoms with Crippen molar-refractivity contribution >= 4 is 22.8 Å². The third-order valence-corrected chi connectivity index (χ3v) is 5.97. The minimum absolute atomic E-state index is 0.00222. The van der Waals surface area contributed by atoms with Crippen LogP contribution >= 0.6 is 0 Å². The second-order valence-corrected chi connectivity index (χ2v) is 8.02. The summed E-state index contributed by atoms with van der Waals surface area (Å²) >= 11 is 0. The fraction of sp³-hybridized carbons (Fsp3) is 0.400. The van der Waals surface area contributed by atoms with Crippen molar-refractivity contribution < 1.29 is 9.53 Å². The third-order valence-electron chi connectivity index (χ3n) is 5.97. The summed E-state index contributed by atoms with van der Waals surface area (Å²) in [4.78, 5) is 32.7. The van der Waals surface area contributed by atoms with E-state index in [2.05, 4.69) is 10.3 Å². The van der Waals surface area contributed by atoms with Gasteiger partial charge >= 0.3 is 0 Å². The zero-order chi connectivity index (χ0) is 22.5. The van der Waals surface area contributed by atoms with E-state index < -0.39 is 0 Å². The van der Waals surface area contributed by atoms with Crippen molar-refractivity contribution in [2.45, 2.75) is 39.8 Å². The van der Waals surface area contributed by atoms with Gasteiger partial charge in [-0.15, -0.1) is 0 Å². The summed E-state index contributed by atoms with van der Waals surface area (Å²) in [6, 6.07) is 15.4. The topological polar surface area (TPSA) is 76.5 Å². The fourth-order valence-electron chi connectivity index (χ4n) is 4.36. The Morgan fingerprint density at radius 1 is 1.16 bits per heavy atom. The molecular formula is C25H30N4O3. The second-order valence-electron chi connectivity index (χ2n) is 8.02. The summed E-state index contributed by atoms with van der Waals surface area (Å²) < 4.78 is 7.41. The molecule has 1 unspecified atom stereocenters. The van der Waals surface area contributed by atoms with Crippen LogP contribution in [-0.4, -0.2) is 35.2 Å². The van der Waals surface area contributed by atoms with Crippen LogP contribution in [0, 0.1) is 5.92 Å². The fourth-order valence-corrected chi connectivity index (χ4v) is 4.36. The molecule has 168 valence electrons. The Hall–Kier alpha value is -3.35. The van der Waals surface area contributed by atoms with Gasteiger partial charge in [0.05, 0.1) is 23.6 Å². The van der Waals surface area contributed by atoms with Crippen LogP contribution in [0.3, 0.4) is 0 Å². The van der Waals surface area contributed by atoms with Crippen LogP contribution in [0.15, 0.2) is 53.3 Å². The first kappa shape index (κ1) is 21.9. The maximum atomic E-state index is 13.1. The number of aryl methyl sites for hydroxylation is 1. The van der Waals surface area contributed by atoms with Gasteiger partial charge in [0.1, 0.15) is 5.75 Å². The van der Waals surface area contributed by atoms with Crippen LogP contribution in [-0.2, 0) is 17.9 Å². The minimum atomic E-state index is -0.189. The van der Waals surface area contributed by atoms with Crippen LogP contribution in [0.1, 0.15) is 32.3 Å². The van der Waals surface area contributed by atoms with E-state index in [-0.39, 0.29) is 17.4 Å². The molecule has 0 bridgehead atoms. The number of nitrogens with one attached hydrogen (secondary N) is 1. The molecule has 3 aromatic rings. The highest BCUT2D eigenvalue weighted by molar-refractivity contribution is 5.80. The monoisotopic (exact) mass is 434 g/mol. The van der Waals surface area contributed by atoms with E-state index in [1.54, 1.807) is 4.57 Å². The number of nitrogens with zero attached hydrogens (tertiary/aromatic N) is 3. The van der Waals surface area contributed by atoms with Crippen LogP contribution in [0.25, 0.3) is 11.0 Å². The van der Waals surface area contributed by atoms with Gasteiger partial charge in [0.25, 0.3) is 5.56 Å². The van der Waals surface area contributed by atoms with Crippen LogP contribution < -0.4 is 20.5 Å². The molecule has 0 spiro atoms. The van der Waals surface area contributed by atoms with E-state index in [1.165, 1.54) is 0 Å². The van der Waals surface area contributed by atoms with Crippen LogP contribution in [0.5, 0.6) is 5.75 Å². The zero-order valence-corrected chi connectivity index (χ0v) is 18.7. The molecule has 7 nitrogen and oxygen atoms in total. The van der Waals surface area contributed by atoms with E-state index in [1.807, 2.05) is 67.3 Å². The molecule has 1 aliphatic rings. The largest absolute Gasteiger partial charge is 0.494 e. The molecule has 1 atom stereocenters. The van der Waals surface area contributed by atoms with Gasteiger partial charge in [0.15, 0.2) is 5.82 Å². The highest BCUT2D eigenvalue weighted by Gasteiger charge is 2.28. The highest BCUT2D eigenvalue weighted by atomic mass is 16.5. The normalized spacial score (nSPS) is 16.2. The van der Waals surface area contributed by atoms with Crippen molar-refractivity contribution in [2.24, 2.45) is 5.92 Å². The van der Waals surface area contributed by atoms with Crippen molar-refractivity contribution in [3.63, 3.8) is 0 Å². The Labute approximate surface area is 188 Å². The summed E-state index contributed by atoms with van der Waals surface area (Å²) in [5.41, 5.74) is 2.49. The number of hydrogen-bond donors (Lipinski definition) is 1. The van der Waals surface area contributed by atoms with E-state index in [0.717, 1.165) is 41.7 Å². The maximum Gasteiger partial charge on any atom is 0.293 e. The summed E-state index contributed by atoms with van der Waals surface area (Å²) in [6.45, 7) is 6.69. The Bertz CT molecular complexity index is 1160. The van der Waals surface area contributed by atoms with Gasteiger partial charge in [0, 0.05) is 31.7 Å². The lowest BCUT2D eigenvalue weighted by Gasteiger charge is -2.32. The molecule has 0 aliphatic carbocycles. The Morgan fingerprint density at radius 2 is 1.94 bits per heavy atom. The maximum absolute atomic E-state index is 13.1. The smallest absolute Gasteiger partial charge is 0.293 e. The van der Waals surface area contributed by atoms with Gasteiger partial charge in [-0.1, -0.05) is 30.3 Å². The average molecular weight is 435 g/mol. The summed E-state index contributed by atoms with van der Waals surface area (Å²) in [7, 11) is 0. The van der Waals surface area contributed by atoms with Gasteiger partial charge in [0.2, 0.25) is 5.91 Å². The number of anilines is 1. The Balaban J connectivity index is 1.50. The molecule has 1 N–H and O–H groups in total. The molecule has 1 fully saturated rings. The number of rotatable bonds is 7. The van der Waals surface area contributed by atoms with E-state index in [4.69, 9.17) is 4.74 Å². The highest BCUT2D eigenvalue weighted by Crippen LogP contribution is 2.23. The minimum Gasteiger partial charge on any atom is -0.494 e. The van der Waals surface area contributed by atoms with Gasteiger partial charge in [-0.25, -0.2) is 4.98 Å². The van der Waals surface area contributed by atoms with Crippen molar-refractivity contribution in [2.75, 3.05) is 24.6 Å². The number of ether oxygens (including phenoxy) is 1. The SMILES string of the molecule is CCOc1ccccc1CNC(=O)C1CCCN(c2nc3ccccc3n(CC)c2=O)C1. The van der Waals surface area contributed by atoms with Crippen LogP contribution in [0.2, 0.25) is 0 Å². The van der Waals surface area contributed by atoms with Crippen molar-refractivity contribution in [3.8, 4) is 5.75 Å². The molecule has 4 rings (SSSR count). The van der Waals surface area contributed by atoms with Crippen molar-refractivity contribution in [1.82, 2.24) is 14.9 Å². The third kappa shape index (κ3) is 4.47. The first-order valence-corrected chi connectivity index (χ1v) is 11.3. The van der Waals surface area contributed by atoms with E-state index in [0.29, 0.717) is 32.1 Å². The van der Waals surface area contributed by atoms with Crippen molar-refractivity contribution in [1.29, 1.82) is 0 Å². The molecular weight excluding hydrogens is 404 g/mol.